The monoisotopic (exact) mass is 306 g/mol. The Bertz CT molecular complexity index is 486. The van der Waals surface area contributed by atoms with Gasteiger partial charge in [-0.15, -0.1) is 6.58 Å². The van der Waals surface area contributed by atoms with Crippen molar-refractivity contribution in [2.45, 2.75) is 38.3 Å². The van der Waals surface area contributed by atoms with Crippen LogP contribution in [0.5, 0.6) is 0 Å². The minimum atomic E-state index is 0.0988. The maximum absolute atomic E-state index is 12.2. The summed E-state index contributed by atoms with van der Waals surface area (Å²) in [6.45, 7) is 7.51. The summed E-state index contributed by atoms with van der Waals surface area (Å²) < 4.78 is 0. The highest BCUT2D eigenvalue weighted by atomic mass is 35.5. The summed E-state index contributed by atoms with van der Waals surface area (Å²) in [5, 5.41) is 4.04. The molecule has 1 N–H and O–H groups in total. The summed E-state index contributed by atoms with van der Waals surface area (Å²) >= 11 is 5.93. The third-order valence-electron chi connectivity index (χ3n) is 4.09. The third kappa shape index (κ3) is 4.08. The van der Waals surface area contributed by atoms with Crippen LogP contribution in [-0.4, -0.2) is 29.9 Å². The molecule has 1 aromatic rings. The van der Waals surface area contributed by atoms with Crippen LogP contribution in [0.2, 0.25) is 5.02 Å². The molecule has 2 rings (SSSR count). The Labute approximate surface area is 132 Å². The van der Waals surface area contributed by atoms with E-state index in [1.54, 1.807) is 0 Å². The molecule has 0 bridgehead atoms. The van der Waals surface area contributed by atoms with Gasteiger partial charge in [0.25, 0.3) is 0 Å². The Hall–Kier alpha value is -1.32. The second-order valence-corrected chi connectivity index (χ2v) is 5.94. The van der Waals surface area contributed by atoms with Crippen LogP contribution >= 0.6 is 11.6 Å². The molecule has 1 heterocycles. The molecule has 114 valence electrons. The van der Waals surface area contributed by atoms with Crippen molar-refractivity contribution in [3.63, 3.8) is 0 Å². The minimum absolute atomic E-state index is 0.0988. The van der Waals surface area contributed by atoms with Crippen molar-refractivity contribution in [3.05, 3.63) is 47.5 Å². The predicted octanol–water partition coefficient (Wildman–Crippen LogP) is 3.56. The second-order valence-electron chi connectivity index (χ2n) is 5.50. The molecule has 0 unspecified atom stereocenters. The van der Waals surface area contributed by atoms with E-state index in [1.165, 1.54) is 0 Å². The average Bonchev–Trinajstić information content (AvgIpc) is 2.85. The van der Waals surface area contributed by atoms with Crippen LogP contribution in [0.25, 0.3) is 0 Å². The summed E-state index contributed by atoms with van der Waals surface area (Å²) in [7, 11) is 0. The average molecular weight is 307 g/mol. The molecular formula is C17H23ClN2O. The zero-order valence-electron chi connectivity index (χ0n) is 12.5. The first-order chi connectivity index (χ1) is 10.1. The molecule has 0 aromatic heterocycles. The maximum Gasteiger partial charge on any atom is 0.223 e. The Morgan fingerprint density at radius 2 is 2.19 bits per heavy atom. The normalized spacial score (nSPS) is 19.8. The van der Waals surface area contributed by atoms with Gasteiger partial charge in [0.1, 0.15) is 0 Å². The van der Waals surface area contributed by atoms with Crippen LogP contribution in [0.4, 0.5) is 0 Å². The summed E-state index contributed by atoms with van der Waals surface area (Å²) in [6.07, 6.45) is 4.45. The first-order valence-corrected chi connectivity index (χ1v) is 7.89. The molecule has 1 aromatic carbocycles. The molecule has 0 saturated carbocycles. The zero-order chi connectivity index (χ0) is 15.2. The van der Waals surface area contributed by atoms with Crippen LogP contribution in [0.15, 0.2) is 36.9 Å². The molecule has 1 saturated heterocycles. The lowest BCUT2D eigenvalue weighted by Crippen LogP contribution is -2.37. The summed E-state index contributed by atoms with van der Waals surface area (Å²) in [5.74, 6) is 0.256. The highest BCUT2D eigenvalue weighted by Crippen LogP contribution is 2.31. The van der Waals surface area contributed by atoms with Gasteiger partial charge in [-0.2, -0.15) is 0 Å². The van der Waals surface area contributed by atoms with Crippen molar-refractivity contribution >= 4 is 17.5 Å². The first kappa shape index (κ1) is 16.1. The van der Waals surface area contributed by atoms with Gasteiger partial charge in [-0.1, -0.05) is 29.8 Å². The molecule has 1 aliphatic rings. The SMILES string of the molecule is C=CCNCC[C@H]1CCC(=O)N1[C@@H](C)c1ccc(Cl)cc1. The fourth-order valence-corrected chi connectivity index (χ4v) is 3.08. The van der Waals surface area contributed by atoms with Gasteiger partial charge in [-0.3, -0.25) is 4.79 Å². The van der Waals surface area contributed by atoms with E-state index in [0.29, 0.717) is 12.5 Å². The van der Waals surface area contributed by atoms with E-state index in [4.69, 9.17) is 11.6 Å². The van der Waals surface area contributed by atoms with Gasteiger partial charge in [0, 0.05) is 24.0 Å². The highest BCUT2D eigenvalue weighted by molar-refractivity contribution is 6.30. The van der Waals surface area contributed by atoms with Crippen molar-refractivity contribution in [3.8, 4) is 0 Å². The van der Waals surface area contributed by atoms with Gasteiger partial charge in [0.05, 0.1) is 6.04 Å². The number of benzene rings is 1. The number of nitrogens with one attached hydrogen (secondary N) is 1. The molecule has 3 nitrogen and oxygen atoms in total. The molecule has 21 heavy (non-hydrogen) atoms. The molecule has 1 fully saturated rings. The van der Waals surface area contributed by atoms with E-state index in [-0.39, 0.29) is 11.9 Å². The van der Waals surface area contributed by atoms with E-state index >= 15 is 0 Å². The maximum atomic E-state index is 12.2. The van der Waals surface area contributed by atoms with Gasteiger partial charge in [0.2, 0.25) is 5.91 Å². The Morgan fingerprint density at radius 3 is 2.86 bits per heavy atom. The number of rotatable bonds is 7. The fraction of sp³-hybridized carbons (Fsp3) is 0.471. The first-order valence-electron chi connectivity index (χ1n) is 7.51. The van der Waals surface area contributed by atoms with Crippen molar-refractivity contribution in [2.75, 3.05) is 13.1 Å². The molecule has 4 heteroatoms. The quantitative estimate of drug-likeness (QED) is 0.617. The molecule has 0 aliphatic carbocycles. The molecule has 2 atom stereocenters. The zero-order valence-corrected chi connectivity index (χ0v) is 13.3. The lowest BCUT2D eigenvalue weighted by atomic mass is 10.0. The number of carbonyl (C=O) groups is 1. The smallest absolute Gasteiger partial charge is 0.223 e. The van der Waals surface area contributed by atoms with Gasteiger partial charge in [-0.25, -0.2) is 0 Å². The number of likely N-dealkylation sites (tertiary alicyclic amines) is 1. The number of halogens is 1. The van der Waals surface area contributed by atoms with E-state index in [0.717, 1.165) is 36.5 Å². The molecular weight excluding hydrogens is 284 g/mol. The number of amides is 1. The van der Waals surface area contributed by atoms with Gasteiger partial charge >= 0.3 is 0 Å². The van der Waals surface area contributed by atoms with Crippen molar-refractivity contribution in [2.24, 2.45) is 0 Å². The second kappa shape index (κ2) is 7.62. The van der Waals surface area contributed by atoms with Crippen LogP contribution in [0, 0.1) is 0 Å². The minimum Gasteiger partial charge on any atom is -0.333 e. The third-order valence-corrected chi connectivity index (χ3v) is 4.34. The van der Waals surface area contributed by atoms with Gasteiger partial charge < -0.3 is 10.2 Å². The van der Waals surface area contributed by atoms with Crippen LogP contribution in [0.3, 0.4) is 0 Å². The van der Waals surface area contributed by atoms with Gasteiger partial charge in [0.15, 0.2) is 0 Å². The van der Waals surface area contributed by atoms with Gasteiger partial charge in [-0.05, 0) is 44.0 Å². The molecule has 1 amide bonds. The predicted molar refractivity (Wildman–Crippen MR) is 87.4 cm³/mol. The Balaban J connectivity index is 2.01. The fourth-order valence-electron chi connectivity index (χ4n) is 2.95. The Kier molecular flexibility index (Phi) is 5.83. The highest BCUT2D eigenvalue weighted by Gasteiger charge is 2.34. The lowest BCUT2D eigenvalue weighted by molar-refractivity contribution is -0.131. The lowest BCUT2D eigenvalue weighted by Gasteiger charge is -2.31. The number of carbonyl (C=O) groups excluding carboxylic acids is 1. The molecule has 0 radical (unpaired) electrons. The van der Waals surface area contributed by atoms with Crippen molar-refractivity contribution in [1.29, 1.82) is 0 Å². The Morgan fingerprint density at radius 1 is 1.48 bits per heavy atom. The van der Waals surface area contributed by atoms with Crippen molar-refractivity contribution in [1.82, 2.24) is 10.2 Å². The van der Waals surface area contributed by atoms with E-state index in [2.05, 4.69) is 18.8 Å². The van der Waals surface area contributed by atoms with Crippen LogP contribution in [0.1, 0.15) is 37.8 Å². The summed E-state index contributed by atoms with van der Waals surface area (Å²) in [6, 6.07) is 8.20. The number of hydrogen-bond acceptors (Lipinski definition) is 2. The molecule has 1 aliphatic heterocycles. The summed E-state index contributed by atoms with van der Waals surface area (Å²) in [4.78, 5) is 14.3. The standard InChI is InChI=1S/C17H23ClN2O/c1-3-11-19-12-10-16-8-9-17(21)20(16)13(2)14-4-6-15(18)7-5-14/h3-7,13,16,19H,1,8-12H2,2H3/t13-,16+/m0/s1. The van der Waals surface area contributed by atoms with Crippen LogP contribution < -0.4 is 5.32 Å². The number of nitrogens with zero attached hydrogens (tertiary/aromatic N) is 1. The summed E-state index contributed by atoms with van der Waals surface area (Å²) in [5.41, 5.74) is 1.14. The van der Waals surface area contributed by atoms with E-state index in [9.17, 15) is 4.79 Å². The topological polar surface area (TPSA) is 32.3 Å². The van der Waals surface area contributed by atoms with Crippen LogP contribution in [-0.2, 0) is 4.79 Å². The van der Waals surface area contributed by atoms with E-state index in [1.807, 2.05) is 35.2 Å². The largest absolute Gasteiger partial charge is 0.333 e. The van der Waals surface area contributed by atoms with Crippen molar-refractivity contribution < 1.29 is 4.79 Å². The number of hydrogen-bond donors (Lipinski definition) is 1. The molecule has 0 spiro atoms. The van der Waals surface area contributed by atoms with E-state index < -0.39 is 0 Å².